The summed E-state index contributed by atoms with van der Waals surface area (Å²) in [5, 5.41) is 4.83. The third-order valence-electron chi connectivity index (χ3n) is 2.93. The Kier molecular flexibility index (Phi) is 6.85. The topological polar surface area (TPSA) is 50.7 Å². The highest BCUT2D eigenvalue weighted by molar-refractivity contribution is 6.35. The second-order valence-electron chi connectivity index (χ2n) is 4.90. The number of ether oxygens (including phenoxy) is 1. The predicted octanol–water partition coefficient (Wildman–Crippen LogP) is 4.58. The van der Waals surface area contributed by atoms with E-state index < -0.39 is 0 Å². The number of nitrogens with zero attached hydrogens (tertiary/aromatic N) is 1. The fourth-order valence-corrected chi connectivity index (χ4v) is 2.20. The van der Waals surface area contributed by atoms with Gasteiger partial charge in [0.15, 0.2) is 6.61 Å². The van der Waals surface area contributed by atoms with Gasteiger partial charge in [0.1, 0.15) is 5.75 Å². The fraction of sp³-hybridized carbons (Fsp3) is 0.111. The second kappa shape index (κ2) is 9.11. The normalized spacial score (nSPS) is 11.5. The van der Waals surface area contributed by atoms with Gasteiger partial charge in [0.25, 0.3) is 5.91 Å². The number of benzene rings is 2. The lowest BCUT2D eigenvalue weighted by molar-refractivity contribution is -0.123. The molecule has 124 valence electrons. The van der Waals surface area contributed by atoms with Gasteiger partial charge in [-0.15, -0.1) is 0 Å². The summed E-state index contributed by atoms with van der Waals surface area (Å²) in [6.45, 7) is 1.59. The molecule has 4 nitrogen and oxygen atoms in total. The zero-order chi connectivity index (χ0) is 17.4. The molecular weight excluding hydrogens is 347 g/mol. The molecule has 0 unspecified atom stereocenters. The predicted molar refractivity (Wildman–Crippen MR) is 98.7 cm³/mol. The molecule has 0 heterocycles. The van der Waals surface area contributed by atoms with Gasteiger partial charge in [-0.3, -0.25) is 4.79 Å². The van der Waals surface area contributed by atoms with Crippen molar-refractivity contribution in [2.24, 2.45) is 5.10 Å². The summed E-state index contributed by atoms with van der Waals surface area (Å²) in [5.41, 5.74) is 4.14. The average Bonchev–Trinajstić information content (AvgIpc) is 2.58. The van der Waals surface area contributed by atoms with E-state index in [1.54, 1.807) is 25.1 Å². The molecule has 1 N–H and O–H groups in total. The van der Waals surface area contributed by atoms with Crippen LogP contribution in [0.4, 0.5) is 0 Å². The first-order chi connectivity index (χ1) is 11.5. The number of carbonyl (C=O) groups is 1. The zero-order valence-electron chi connectivity index (χ0n) is 13.0. The number of hydrazone groups is 1. The third-order valence-corrected chi connectivity index (χ3v) is 3.46. The van der Waals surface area contributed by atoms with E-state index in [1.165, 1.54) is 0 Å². The molecule has 2 aromatic carbocycles. The van der Waals surface area contributed by atoms with E-state index in [0.29, 0.717) is 21.5 Å². The van der Waals surface area contributed by atoms with Crippen molar-refractivity contribution in [3.05, 3.63) is 70.2 Å². The summed E-state index contributed by atoms with van der Waals surface area (Å²) >= 11 is 11.8. The molecule has 0 saturated carbocycles. The Labute approximate surface area is 150 Å². The first-order valence-electron chi connectivity index (χ1n) is 7.19. The summed E-state index contributed by atoms with van der Waals surface area (Å²) in [7, 11) is 0. The standard InChI is InChI=1S/C18H16Cl2N2O2/c1-13(7-8-14-5-3-2-4-6-14)21-22-18(23)12-24-17-10-9-15(19)11-16(17)20/h2-11H,12H2,1H3,(H,22,23). The number of amides is 1. The van der Waals surface area contributed by atoms with E-state index >= 15 is 0 Å². The van der Waals surface area contributed by atoms with E-state index in [-0.39, 0.29) is 12.5 Å². The molecule has 6 heteroatoms. The van der Waals surface area contributed by atoms with Gasteiger partial charge in [0.05, 0.1) is 10.7 Å². The van der Waals surface area contributed by atoms with Crippen molar-refractivity contribution in [1.29, 1.82) is 0 Å². The van der Waals surface area contributed by atoms with Gasteiger partial charge < -0.3 is 4.74 Å². The minimum atomic E-state index is -0.381. The van der Waals surface area contributed by atoms with Crippen molar-refractivity contribution in [2.75, 3.05) is 6.61 Å². The maximum Gasteiger partial charge on any atom is 0.277 e. The van der Waals surface area contributed by atoms with Crippen LogP contribution in [0.25, 0.3) is 6.08 Å². The largest absolute Gasteiger partial charge is 0.482 e. The Morgan fingerprint density at radius 2 is 1.96 bits per heavy atom. The zero-order valence-corrected chi connectivity index (χ0v) is 14.5. The van der Waals surface area contributed by atoms with Gasteiger partial charge in [-0.25, -0.2) is 5.43 Å². The molecule has 0 aliphatic rings. The summed E-state index contributed by atoms with van der Waals surface area (Å²) < 4.78 is 5.33. The Morgan fingerprint density at radius 3 is 2.67 bits per heavy atom. The SMILES string of the molecule is CC(C=Cc1ccccc1)=NNC(=O)COc1ccc(Cl)cc1Cl. The van der Waals surface area contributed by atoms with Crippen molar-refractivity contribution in [3.8, 4) is 5.75 Å². The Morgan fingerprint density at radius 1 is 1.21 bits per heavy atom. The molecule has 0 radical (unpaired) electrons. The molecular formula is C18H16Cl2N2O2. The van der Waals surface area contributed by atoms with Crippen LogP contribution in [-0.2, 0) is 4.79 Å². The van der Waals surface area contributed by atoms with Crippen LogP contribution in [0.15, 0.2) is 59.7 Å². The van der Waals surface area contributed by atoms with Crippen LogP contribution in [0, 0.1) is 0 Å². The maximum absolute atomic E-state index is 11.7. The molecule has 1 amide bonds. The van der Waals surface area contributed by atoms with Gasteiger partial charge in [-0.2, -0.15) is 5.10 Å². The maximum atomic E-state index is 11.7. The van der Waals surface area contributed by atoms with Crippen molar-refractivity contribution in [1.82, 2.24) is 5.43 Å². The van der Waals surface area contributed by atoms with E-state index in [1.807, 2.05) is 42.5 Å². The first-order valence-corrected chi connectivity index (χ1v) is 7.94. The highest BCUT2D eigenvalue weighted by Crippen LogP contribution is 2.27. The van der Waals surface area contributed by atoms with E-state index in [0.717, 1.165) is 5.56 Å². The smallest absolute Gasteiger partial charge is 0.277 e. The van der Waals surface area contributed by atoms with Gasteiger partial charge in [-0.05, 0) is 36.8 Å². The quantitative estimate of drug-likeness (QED) is 0.603. The lowest BCUT2D eigenvalue weighted by Crippen LogP contribution is -2.25. The van der Waals surface area contributed by atoms with Crippen LogP contribution in [-0.4, -0.2) is 18.2 Å². The molecule has 0 aliphatic carbocycles. The summed E-state index contributed by atoms with van der Waals surface area (Å²) in [4.78, 5) is 11.7. The van der Waals surface area contributed by atoms with Gasteiger partial charge in [0, 0.05) is 5.02 Å². The number of allylic oxidation sites excluding steroid dienone is 1. The molecule has 0 bridgehead atoms. The molecule has 0 spiro atoms. The number of halogens is 2. The Bertz CT molecular complexity index is 759. The number of rotatable bonds is 6. The van der Waals surface area contributed by atoms with Crippen LogP contribution in [0.3, 0.4) is 0 Å². The van der Waals surface area contributed by atoms with Crippen molar-refractivity contribution in [2.45, 2.75) is 6.92 Å². The first kappa shape index (κ1) is 18.0. The lowest BCUT2D eigenvalue weighted by atomic mass is 10.2. The van der Waals surface area contributed by atoms with Crippen molar-refractivity contribution in [3.63, 3.8) is 0 Å². The van der Waals surface area contributed by atoms with Gasteiger partial charge in [-0.1, -0.05) is 59.6 Å². The highest BCUT2D eigenvalue weighted by atomic mass is 35.5. The number of hydrogen-bond acceptors (Lipinski definition) is 3. The monoisotopic (exact) mass is 362 g/mol. The third kappa shape index (κ3) is 6.07. The molecule has 0 aromatic heterocycles. The number of carbonyl (C=O) groups excluding carboxylic acids is 1. The molecule has 2 rings (SSSR count). The van der Waals surface area contributed by atoms with Crippen LogP contribution in [0.2, 0.25) is 10.0 Å². The molecule has 2 aromatic rings. The fourth-order valence-electron chi connectivity index (χ4n) is 1.74. The Hall–Kier alpha value is -2.30. The van der Waals surface area contributed by atoms with Crippen LogP contribution < -0.4 is 10.2 Å². The van der Waals surface area contributed by atoms with E-state index in [4.69, 9.17) is 27.9 Å². The summed E-state index contributed by atoms with van der Waals surface area (Å²) in [6, 6.07) is 14.6. The van der Waals surface area contributed by atoms with Gasteiger partial charge >= 0.3 is 0 Å². The van der Waals surface area contributed by atoms with Crippen molar-refractivity contribution >= 4 is 40.9 Å². The molecule has 24 heavy (non-hydrogen) atoms. The number of nitrogens with one attached hydrogen (secondary N) is 1. The minimum absolute atomic E-state index is 0.194. The highest BCUT2D eigenvalue weighted by Gasteiger charge is 2.05. The van der Waals surface area contributed by atoms with Crippen molar-refractivity contribution < 1.29 is 9.53 Å². The second-order valence-corrected chi connectivity index (χ2v) is 5.74. The van der Waals surface area contributed by atoms with Crippen LogP contribution in [0.1, 0.15) is 12.5 Å². The summed E-state index contributed by atoms with van der Waals surface area (Å²) in [5.74, 6) is 0.00868. The van der Waals surface area contributed by atoms with Crippen LogP contribution in [0.5, 0.6) is 5.75 Å². The molecule has 0 atom stereocenters. The molecule has 0 aliphatic heterocycles. The van der Waals surface area contributed by atoms with Gasteiger partial charge in [0.2, 0.25) is 0 Å². The molecule has 0 saturated heterocycles. The summed E-state index contributed by atoms with van der Waals surface area (Å²) in [6.07, 6.45) is 3.72. The molecule has 0 fully saturated rings. The number of hydrogen-bond donors (Lipinski definition) is 1. The van der Waals surface area contributed by atoms with E-state index in [2.05, 4.69) is 10.5 Å². The Balaban J connectivity index is 1.82. The minimum Gasteiger partial charge on any atom is -0.482 e. The lowest BCUT2D eigenvalue weighted by Gasteiger charge is -2.07. The van der Waals surface area contributed by atoms with Crippen LogP contribution >= 0.6 is 23.2 Å². The van der Waals surface area contributed by atoms with E-state index in [9.17, 15) is 4.79 Å². The average molecular weight is 363 g/mol.